The number of hydrogen-bond donors (Lipinski definition) is 1. The van der Waals surface area contributed by atoms with E-state index in [-0.39, 0.29) is 0 Å². The summed E-state index contributed by atoms with van der Waals surface area (Å²) in [6.07, 6.45) is 0.966. The van der Waals surface area contributed by atoms with Gasteiger partial charge >= 0.3 is 0 Å². The molecule has 0 radical (unpaired) electrons. The average Bonchev–Trinajstić information content (AvgIpc) is 2.28. The third kappa shape index (κ3) is 8.27. The normalized spacial score (nSPS) is 7.86. The van der Waals surface area contributed by atoms with Crippen molar-refractivity contribution in [2.45, 2.75) is 34.1 Å². The summed E-state index contributed by atoms with van der Waals surface area (Å²) in [5.74, 6) is 0. The van der Waals surface area contributed by atoms with Crippen molar-refractivity contribution >= 4 is 15.9 Å². The minimum Gasteiger partial charge on any atom is -0.330 e. The zero-order valence-electron chi connectivity index (χ0n) is 9.68. The van der Waals surface area contributed by atoms with Crippen LogP contribution in [-0.2, 0) is 6.42 Å². The van der Waals surface area contributed by atoms with Crippen LogP contribution >= 0.6 is 15.9 Å². The first kappa shape index (κ1) is 16.1. The van der Waals surface area contributed by atoms with Crippen molar-refractivity contribution in [1.29, 1.82) is 0 Å². The van der Waals surface area contributed by atoms with E-state index in [1.165, 1.54) is 5.56 Å². The molecule has 0 aliphatic heterocycles. The number of nitrogens with two attached hydrogens (primary N) is 1. The molecule has 0 aromatic heterocycles. The van der Waals surface area contributed by atoms with Gasteiger partial charge in [0.15, 0.2) is 0 Å². The molecule has 0 aliphatic rings. The predicted octanol–water partition coefficient (Wildman–Crippen LogP) is 4.00. The lowest BCUT2D eigenvalue weighted by Crippen LogP contribution is -2.01. The topological polar surface area (TPSA) is 26.0 Å². The van der Waals surface area contributed by atoms with Gasteiger partial charge in [-0.05, 0) is 30.7 Å². The Balaban J connectivity index is 0. The maximum atomic E-state index is 5.39. The zero-order valence-corrected chi connectivity index (χ0v) is 11.3. The molecule has 0 atom stereocenters. The SMILES string of the molecule is CC.CC.NCCc1ccc(Br)cc1. The molecule has 0 saturated heterocycles. The van der Waals surface area contributed by atoms with Gasteiger partial charge in [-0.2, -0.15) is 0 Å². The van der Waals surface area contributed by atoms with Crippen LogP contribution in [0.15, 0.2) is 28.7 Å². The minimum absolute atomic E-state index is 0.724. The highest BCUT2D eigenvalue weighted by molar-refractivity contribution is 9.10. The van der Waals surface area contributed by atoms with Gasteiger partial charge in [0.05, 0.1) is 0 Å². The van der Waals surface area contributed by atoms with Crippen LogP contribution in [0.1, 0.15) is 33.3 Å². The summed E-state index contributed by atoms with van der Waals surface area (Å²) in [7, 11) is 0. The fourth-order valence-electron chi connectivity index (χ4n) is 0.818. The largest absolute Gasteiger partial charge is 0.330 e. The van der Waals surface area contributed by atoms with Gasteiger partial charge in [-0.3, -0.25) is 0 Å². The van der Waals surface area contributed by atoms with Gasteiger partial charge in [0.1, 0.15) is 0 Å². The van der Waals surface area contributed by atoms with Gasteiger partial charge in [0, 0.05) is 4.47 Å². The summed E-state index contributed by atoms with van der Waals surface area (Å²) in [6.45, 7) is 8.72. The second kappa shape index (κ2) is 12.7. The predicted molar refractivity (Wildman–Crippen MR) is 69.6 cm³/mol. The highest BCUT2D eigenvalue weighted by Gasteiger charge is 1.89. The molecule has 1 aromatic rings. The quantitative estimate of drug-likeness (QED) is 0.854. The smallest absolute Gasteiger partial charge is 0.0175 e. The molecule has 0 aliphatic carbocycles. The Morgan fingerprint density at radius 3 is 1.79 bits per heavy atom. The number of rotatable bonds is 2. The monoisotopic (exact) mass is 259 g/mol. The molecule has 14 heavy (non-hydrogen) atoms. The van der Waals surface area contributed by atoms with Gasteiger partial charge in [0.2, 0.25) is 0 Å². The second-order valence-corrected chi connectivity index (χ2v) is 3.08. The van der Waals surface area contributed by atoms with E-state index in [2.05, 4.69) is 28.1 Å². The molecule has 2 heteroatoms. The Bertz CT molecular complexity index is 194. The summed E-state index contributed by atoms with van der Waals surface area (Å²) in [4.78, 5) is 0. The molecular weight excluding hydrogens is 238 g/mol. The molecule has 1 aromatic carbocycles. The first-order chi connectivity index (χ1) is 6.83. The van der Waals surface area contributed by atoms with E-state index in [9.17, 15) is 0 Å². The zero-order chi connectivity index (χ0) is 11.4. The Morgan fingerprint density at radius 2 is 1.43 bits per heavy atom. The molecule has 1 rings (SSSR count). The Kier molecular flexibility index (Phi) is 14.6. The summed E-state index contributed by atoms with van der Waals surface area (Å²) in [5, 5.41) is 0. The molecule has 2 N–H and O–H groups in total. The van der Waals surface area contributed by atoms with E-state index in [4.69, 9.17) is 5.73 Å². The van der Waals surface area contributed by atoms with Crippen LogP contribution in [0.25, 0.3) is 0 Å². The van der Waals surface area contributed by atoms with E-state index < -0.39 is 0 Å². The van der Waals surface area contributed by atoms with E-state index in [1.807, 2.05) is 39.8 Å². The fraction of sp³-hybridized carbons (Fsp3) is 0.500. The van der Waals surface area contributed by atoms with Crippen LogP contribution < -0.4 is 5.73 Å². The van der Waals surface area contributed by atoms with Crippen LogP contribution in [0.5, 0.6) is 0 Å². The summed E-state index contributed by atoms with van der Waals surface area (Å²) in [6, 6.07) is 8.23. The molecule has 82 valence electrons. The molecular formula is C12H22BrN. The molecule has 0 bridgehead atoms. The standard InChI is InChI=1S/C8H10BrN.2C2H6/c9-8-3-1-7(2-4-8)5-6-10;2*1-2/h1-4H,5-6,10H2;2*1-2H3. The van der Waals surface area contributed by atoms with Crippen molar-refractivity contribution in [2.75, 3.05) is 6.54 Å². The number of hydrogen-bond acceptors (Lipinski definition) is 1. The highest BCUT2D eigenvalue weighted by atomic mass is 79.9. The maximum Gasteiger partial charge on any atom is 0.0175 e. The number of halogens is 1. The van der Waals surface area contributed by atoms with E-state index in [0.29, 0.717) is 0 Å². The van der Waals surface area contributed by atoms with Crippen molar-refractivity contribution in [1.82, 2.24) is 0 Å². The molecule has 0 heterocycles. The van der Waals surface area contributed by atoms with Crippen LogP contribution in [0.2, 0.25) is 0 Å². The summed E-state index contributed by atoms with van der Waals surface area (Å²) in [5.41, 5.74) is 6.68. The molecule has 0 saturated carbocycles. The molecule has 0 fully saturated rings. The van der Waals surface area contributed by atoms with Crippen LogP contribution in [0.3, 0.4) is 0 Å². The van der Waals surface area contributed by atoms with Crippen LogP contribution in [0.4, 0.5) is 0 Å². The first-order valence-corrected chi connectivity index (χ1v) is 6.07. The average molecular weight is 260 g/mol. The van der Waals surface area contributed by atoms with Crippen molar-refractivity contribution in [2.24, 2.45) is 5.73 Å². The lowest BCUT2D eigenvalue weighted by molar-refractivity contribution is 0.968. The van der Waals surface area contributed by atoms with Gasteiger partial charge in [-0.1, -0.05) is 55.8 Å². The van der Waals surface area contributed by atoms with E-state index in [0.717, 1.165) is 17.4 Å². The van der Waals surface area contributed by atoms with Crippen molar-refractivity contribution in [3.8, 4) is 0 Å². The second-order valence-electron chi connectivity index (χ2n) is 2.17. The lowest BCUT2D eigenvalue weighted by atomic mass is 10.2. The third-order valence-corrected chi connectivity index (χ3v) is 1.87. The van der Waals surface area contributed by atoms with Gasteiger partial charge < -0.3 is 5.73 Å². The fourth-order valence-corrected chi connectivity index (χ4v) is 1.08. The molecule has 0 spiro atoms. The Labute approximate surface area is 96.8 Å². The Hall–Kier alpha value is -0.340. The van der Waals surface area contributed by atoms with Crippen LogP contribution in [0, 0.1) is 0 Å². The lowest BCUT2D eigenvalue weighted by Gasteiger charge is -1.96. The molecule has 0 amide bonds. The van der Waals surface area contributed by atoms with Crippen molar-refractivity contribution in [3.63, 3.8) is 0 Å². The van der Waals surface area contributed by atoms with Crippen molar-refractivity contribution in [3.05, 3.63) is 34.3 Å². The maximum absolute atomic E-state index is 5.39. The molecule has 1 nitrogen and oxygen atoms in total. The van der Waals surface area contributed by atoms with E-state index in [1.54, 1.807) is 0 Å². The highest BCUT2D eigenvalue weighted by Crippen LogP contribution is 2.10. The van der Waals surface area contributed by atoms with E-state index >= 15 is 0 Å². The first-order valence-electron chi connectivity index (χ1n) is 5.27. The van der Waals surface area contributed by atoms with Crippen LogP contribution in [-0.4, -0.2) is 6.54 Å². The van der Waals surface area contributed by atoms with Crippen molar-refractivity contribution < 1.29 is 0 Å². The minimum atomic E-state index is 0.724. The van der Waals surface area contributed by atoms with Gasteiger partial charge in [-0.15, -0.1) is 0 Å². The summed E-state index contributed by atoms with van der Waals surface area (Å²) < 4.78 is 1.12. The third-order valence-electron chi connectivity index (χ3n) is 1.35. The van der Waals surface area contributed by atoms with Gasteiger partial charge in [-0.25, -0.2) is 0 Å². The van der Waals surface area contributed by atoms with Gasteiger partial charge in [0.25, 0.3) is 0 Å². The number of benzene rings is 1. The summed E-state index contributed by atoms with van der Waals surface area (Å²) >= 11 is 3.37. The Morgan fingerprint density at radius 1 is 1.00 bits per heavy atom. The molecule has 0 unspecified atom stereocenters.